The molecule has 1 aromatic rings. The Balaban J connectivity index is 0.00000180. The molecule has 2 rings (SSSR count). The topological polar surface area (TPSA) is 58.4 Å². The van der Waals surface area contributed by atoms with Gasteiger partial charge in [0.05, 0.1) is 0 Å². The smallest absolute Gasteiger partial charge is 0.251 e. The van der Waals surface area contributed by atoms with E-state index in [0.29, 0.717) is 18.7 Å². The predicted molar refractivity (Wildman–Crippen MR) is 86.8 cm³/mol. The van der Waals surface area contributed by atoms with Gasteiger partial charge in [0, 0.05) is 25.2 Å². The lowest BCUT2D eigenvalue weighted by molar-refractivity contribution is 0.0949. The van der Waals surface area contributed by atoms with E-state index in [9.17, 15) is 4.79 Å². The van der Waals surface area contributed by atoms with Gasteiger partial charge in [-0.2, -0.15) is 0 Å². The number of halogens is 2. The van der Waals surface area contributed by atoms with E-state index in [1.54, 1.807) is 0 Å². The van der Waals surface area contributed by atoms with Crippen molar-refractivity contribution in [2.24, 2.45) is 5.73 Å². The molecule has 3 N–H and O–H groups in total. The molecule has 4 nitrogen and oxygen atoms in total. The van der Waals surface area contributed by atoms with Crippen LogP contribution >= 0.6 is 24.8 Å². The summed E-state index contributed by atoms with van der Waals surface area (Å²) in [4.78, 5) is 14.3. The normalized spacial score (nSPS) is 14.2. The molecule has 0 aromatic heterocycles. The van der Waals surface area contributed by atoms with Crippen molar-refractivity contribution < 1.29 is 4.79 Å². The molecule has 20 heavy (non-hydrogen) atoms. The first kappa shape index (κ1) is 19.2. The van der Waals surface area contributed by atoms with Crippen LogP contribution in [0.1, 0.15) is 28.8 Å². The fraction of sp³-hybridized carbons (Fsp3) is 0.500. The van der Waals surface area contributed by atoms with E-state index >= 15 is 0 Å². The molecule has 1 aliphatic rings. The van der Waals surface area contributed by atoms with Gasteiger partial charge in [0.1, 0.15) is 0 Å². The summed E-state index contributed by atoms with van der Waals surface area (Å²) in [6, 6.07) is 7.48. The minimum atomic E-state index is -0.00973. The Labute approximate surface area is 132 Å². The Kier molecular flexibility index (Phi) is 9.59. The highest BCUT2D eigenvalue weighted by Crippen LogP contribution is 2.06. The van der Waals surface area contributed by atoms with Gasteiger partial charge < -0.3 is 16.0 Å². The maximum atomic E-state index is 11.9. The van der Waals surface area contributed by atoms with E-state index in [1.807, 2.05) is 24.3 Å². The van der Waals surface area contributed by atoms with Crippen LogP contribution < -0.4 is 11.1 Å². The van der Waals surface area contributed by atoms with Crippen molar-refractivity contribution in [2.75, 3.05) is 26.2 Å². The van der Waals surface area contributed by atoms with E-state index in [4.69, 9.17) is 5.73 Å². The van der Waals surface area contributed by atoms with Crippen LogP contribution in [0.5, 0.6) is 0 Å². The van der Waals surface area contributed by atoms with E-state index in [-0.39, 0.29) is 30.7 Å². The van der Waals surface area contributed by atoms with Crippen LogP contribution in [0.15, 0.2) is 24.3 Å². The largest absolute Gasteiger partial charge is 0.351 e. The molecule has 0 spiro atoms. The van der Waals surface area contributed by atoms with Gasteiger partial charge in [0.15, 0.2) is 0 Å². The molecular formula is C14H23Cl2N3O. The monoisotopic (exact) mass is 319 g/mol. The Morgan fingerprint density at radius 3 is 2.60 bits per heavy atom. The molecule has 1 amide bonds. The second-order valence-electron chi connectivity index (χ2n) is 4.71. The summed E-state index contributed by atoms with van der Waals surface area (Å²) in [6.07, 6.45) is 2.57. The highest BCUT2D eigenvalue weighted by Gasteiger charge is 2.11. The van der Waals surface area contributed by atoms with Gasteiger partial charge >= 0.3 is 0 Å². The predicted octanol–water partition coefficient (Wildman–Crippen LogP) is 1.81. The van der Waals surface area contributed by atoms with Crippen molar-refractivity contribution in [2.45, 2.75) is 19.4 Å². The summed E-state index contributed by atoms with van der Waals surface area (Å²) in [5.41, 5.74) is 7.25. The average molecular weight is 320 g/mol. The second-order valence-corrected chi connectivity index (χ2v) is 4.71. The van der Waals surface area contributed by atoms with Crippen molar-refractivity contribution in [3.63, 3.8) is 0 Å². The molecule has 1 aromatic carbocycles. The summed E-state index contributed by atoms with van der Waals surface area (Å²) in [7, 11) is 0. The zero-order valence-corrected chi connectivity index (χ0v) is 13.1. The molecule has 6 heteroatoms. The Morgan fingerprint density at radius 1 is 1.25 bits per heavy atom. The van der Waals surface area contributed by atoms with Crippen molar-refractivity contribution >= 4 is 30.7 Å². The highest BCUT2D eigenvalue weighted by molar-refractivity contribution is 5.94. The Hall–Kier alpha value is -0.810. The van der Waals surface area contributed by atoms with Crippen LogP contribution in [-0.4, -0.2) is 37.0 Å². The van der Waals surface area contributed by atoms with Gasteiger partial charge in [0.2, 0.25) is 0 Å². The molecule has 1 heterocycles. The summed E-state index contributed by atoms with van der Waals surface area (Å²) < 4.78 is 0. The maximum absolute atomic E-state index is 11.9. The molecule has 1 saturated heterocycles. The average Bonchev–Trinajstić information content (AvgIpc) is 2.92. The number of carbonyl (C=O) groups is 1. The van der Waals surface area contributed by atoms with Crippen LogP contribution in [-0.2, 0) is 6.54 Å². The van der Waals surface area contributed by atoms with Crippen LogP contribution in [0, 0.1) is 0 Å². The third kappa shape index (κ3) is 5.67. The molecule has 0 unspecified atom stereocenters. The number of hydrogen-bond acceptors (Lipinski definition) is 3. The molecule has 0 aliphatic carbocycles. The summed E-state index contributed by atoms with van der Waals surface area (Å²) >= 11 is 0. The van der Waals surface area contributed by atoms with Gasteiger partial charge in [-0.3, -0.25) is 4.79 Å². The lowest BCUT2D eigenvalue weighted by Crippen LogP contribution is -2.33. The number of likely N-dealkylation sites (tertiary alicyclic amines) is 1. The zero-order valence-electron chi connectivity index (χ0n) is 11.5. The third-order valence-electron chi connectivity index (χ3n) is 3.34. The summed E-state index contributed by atoms with van der Waals surface area (Å²) in [6.45, 7) is 4.46. The SMILES string of the molecule is Cl.Cl.NCc1cccc(C(=O)NCCN2CCCC2)c1. The van der Waals surface area contributed by atoms with Crippen LogP contribution in [0.25, 0.3) is 0 Å². The van der Waals surface area contributed by atoms with Crippen LogP contribution in [0.2, 0.25) is 0 Å². The molecule has 114 valence electrons. The lowest BCUT2D eigenvalue weighted by Gasteiger charge is -2.14. The standard InChI is InChI=1S/C14H21N3O.2ClH/c15-11-12-4-3-5-13(10-12)14(18)16-6-9-17-7-1-2-8-17;;/h3-5,10H,1-2,6-9,11,15H2,(H,16,18);2*1H. The highest BCUT2D eigenvalue weighted by atomic mass is 35.5. The number of nitrogens with two attached hydrogens (primary N) is 1. The van der Waals surface area contributed by atoms with Crippen LogP contribution in [0.3, 0.4) is 0 Å². The number of benzene rings is 1. The van der Waals surface area contributed by atoms with Gasteiger partial charge in [-0.25, -0.2) is 0 Å². The summed E-state index contributed by atoms with van der Waals surface area (Å²) in [5, 5.41) is 2.96. The lowest BCUT2D eigenvalue weighted by atomic mass is 10.1. The van der Waals surface area contributed by atoms with Crippen molar-refractivity contribution in [1.82, 2.24) is 10.2 Å². The number of hydrogen-bond donors (Lipinski definition) is 2. The fourth-order valence-corrected chi connectivity index (χ4v) is 2.28. The molecule has 0 atom stereocenters. The number of rotatable bonds is 5. The number of amides is 1. The Bertz CT molecular complexity index is 409. The quantitative estimate of drug-likeness (QED) is 0.870. The summed E-state index contributed by atoms with van der Waals surface area (Å²) in [5.74, 6) is -0.00973. The molecule has 0 bridgehead atoms. The second kappa shape index (κ2) is 10.00. The minimum Gasteiger partial charge on any atom is -0.351 e. The van der Waals surface area contributed by atoms with E-state index in [0.717, 1.165) is 12.1 Å². The first-order chi connectivity index (χ1) is 8.79. The van der Waals surface area contributed by atoms with E-state index in [2.05, 4.69) is 10.2 Å². The molecular weight excluding hydrogens is 297 g/mol. The maximum Gasteiger partial charge on any atom is 0.251 e. The number of carbonyl (C=O) groups excluding carboxylic acids is 1. The van der Waals surface area contributed by atoms with Crippen molar-refractivity contribution in [1.29, 1.82) is 0 Å². The van der Waals surface area contributed by atoms with E-state index in [1.165, 1.54) is 25.9 Å². The fourth-order valence-electron chi connectivity index (χ4n) is 2.28. The number of nitrogens with zero attached hydrogens (tertiary/aromatic N) is 1. The molecule has 0 saturated carbocycles. The molecule has 1 fully saturated rings. The first-order valence-electron chi connectivity index (χ1n) is 6.59. The van der Waals surface area contributed by atoms with Gasteiger partial charge in [-0.05, 0) is 43.6 Å². The zero-order chi connectivity index (χ0) is 12.8. The minimum absolute atomic E-state index is 0. The third-order valence-corrected chi connectivity index (χ3v) is 3.34. The van der Waals surface area contributed by atoms with Crippen LogP contribution in [0.4, 0.5) is 0 Å². The van der Waals surface area contributed by atoms with Gasteiger partial charge in [-0.15, -0.1) is 24.8 Å². The van der Waals surface area contributed by atoms with Crippen molar-refractivity contribution in [3.8, 4) is 0 Å². The van der Waals surface area contributed by atoms with Gasteiger partial charge in [0.25, 0.3) is 5.91 Å². The molecule has 1 aliphatic heterocycles. The Morgan fingerprint density at radius 2 is 1.95 bits per heavy atom. The first-order valence-corrected chi connectivity index (χ1v) is 6.59. The van der Waals surface area contributed by atoms with E-state index < -0.39 is 0 Å². The number of nitrogens with one attached hydrogen (secondary N) is 1. The molecule has 0 radical (unpaired) electrons. The van der Waals surface area contributed by atoms with Crippen molar-refractivity contribution in [3.05, 3.63) is 35.4 Å². The van der Waals surface area contributed by atoms with Gasteiger partial charge in [-0.1, -0.05) is 12.1 Å².